The summed E-state index contributed by atoms with van der Waals surface area (Å²) in [6.07, 6.45) is 1.42. The maximum Gasteiger partial charge on any atom is 0.261 e. The molecule has 140 valence electrons. The highest BCUT2D eigenvalue weighted by Gasteiger charge is 2.10. The van der Waals surface area contributed by atoms with Crippen molar-refractivity contribution in [1.29, 1.82) is 0 Å². The van der Waals surface area contributed by atoms with E-state index in [0.29, 0.717) is 17.4 Å². The van der Waals surface area contributed by atoms with Crippen LogP contribution >= 0.6 is 11.3 Å². The fraction of sp³-hybridized carbons (Fsp3) is 0.143. The summed E-state index contributed by atoms with van der Waals surface area (Å²) in [4.78, 5) is 33.8. The van der Waals surface area contributed by atoms with Gasteiger partial charge in [-0.15, -0.1) is 11.3 Å². The highest BCUT2D eigenvalue weighted by atomic mass is 32.1. The van der Waals surface area contributed by atoms with Crippen molar-refractivity contribution < 1.29 is 4.79 Å². The molecule has 7 heteroatoms. The Hall–Kier alpha value is -3.32. The van der Waals surface area contributed by atoms with Crippen molar-refractivity contribution in [2.45, 2.75) is 20.0 Å². The number of aryl methyl sites for hydroxylation is 1. The van der Waals surface area contributed by atoms with Crippen molar-refractivity contribution in [1.82, 2.24) is 19.9 Å². The summed E-state index contributed by atoms with van der Waals surface area (Å²) in [5.74, 6) is -0.259. The molecule has 0 saturated carbocycles. The third-order valence-corrected chi connectivity index (χ3v) is 5.35. The molecule has 4 aromatic rings. The molecule has 0 aliphatic heterocycles. The van der Waals surface area contributed by atoms with Gasteiger partial charge in [0.25, 0.3) is 5.56 Å². The Morgan fingerprint density at radius 2 is 1.96 bits per heavy atom. The molecule has 0 aliphatic rings. The molecule has 28 heavy (non-hydrogen) atoms. The second-order valence-corrected chi connectivity index (χ2v) is 7.29. The van der Waals surface area contributed by atoms with Gasteiger partial charge in [-0.2, -0.15) is 0 Å². The predicted octanol–water partition coefficient (Wildman–Crippen LogP) is 3.14. The zero-order chi connectivity index (χ0) is 19.5. The number of nitrogens with one attached hydrogen (secondary N) is 1. The van der Waals surface area contributed by atoms with Crippen molar-refractivity contribution in [3.8, 4) is 10.6 Å². The minimum Gasteiger partial charge on any atom is -0.349 e. The predicted molar refractivity (Wildman–Crippen MR) is 110 cm³/mol. The third kappa shape index (κ3) is 3.70. The standard InChI is InChI=1S/C21H18N4O2S/c1-14-6-5-9-17-19(14)23-13-25(21(17)27)11-18(26)22-10-16-12-28-20(24-16)15-7-3-2-4-8-15/h2-9,12-13H,10-11H2,1H3,(H,22,26). The number of hydrogen-bond acceptors (Lipinski definition) is 5. The maximum absolute atomic E-state index is 12.6. The first kappa shape index (κ1) is 18.1. The molecular weight excluding hydrogens is 372 g/mol. The lowest BCUT2D eigenvalue weighted by atomic mass is 10.1. The van der Waals surface area contributed by atoms with Crippen molar-refractivity contribution in [2.24, 2.45) is 0 Å². The van der Waals surface area contributed by atoms with Gasteiger partial charge in [-0.05, 0) is 18.6 Å². The average Bonchev–Trinajstić information content (AvgIpc) is 3.19. The summed E-state index contributed by atoms with van der Waals surface area (Å²) in [6, 6.07) is 15.4. The van der Waals surface area contributed by atoms with Crippen LogP contribution in [0.2, 0.25) is 0 Å². The molecule has 1 amide bonds. The second kappa shape index (κ2) is 7.74. The van der Waals surface area contributed by atoms with Crippen LogP contribution in [-0.2, 0) is 17.9 Å². The maximum atomic E-state index is 12.6. The Bertz CT molecular complexity index is 1200. The van der Waals surface area contributed by atoms with Crippen LogP contribution in [0.3, 0.4) is 0 Å². The van der Waals surface area contributed by atoms with Gasteiger partial charge < -0.3 is 5.32 Å². The molecule has 0 saturated heterocycles. The number of amides is 1. The average molecular weight is 390 g/mol. The number of hydrogen-bond donors (Lipinski definition) is 1. The van der Waals surface area contributed by atoms with Gasteiger partial charge in [0.1, 0.15) is 11.6 Å². The number of para-hydroxylation sites is 1. The summed E-state index contributed by atoms with van der Waals surface area (Å²) in [5.41, 5.74) is 3.22. The van der Waals surface area contributed by atoms with E-state index in [9.17, 15) is 9.59 Å². The molecule has 0 aliphatic carbocycles. The summed E-state index contributed by atoms with van der Waals surface area (Å²) in [7, 11) is 0. The van der Waals surface area contributed by atoms with Gasteiger partial charge >= 0.3 is 0 Å². The Kier molecular flexibility index (Phi) is 4.99. The summed E-state index contributed by atoms with van der Waals surface area (Å²) in [5, 5.41) is 6.17. The van der Waals surface area contributed by atoms with Gasteiger partial charge in [0, 0.05) is 10.9 Å². The van der Waals surface area contributed by atoms with E-state index in [4.69, 9.17) is 0 Å². The zero-order valence-corrected chi connectivity index (χ0v) is 16.1. The van der Waals surface area contributed by atoms with Crippen LogP contribution in [0.1, 0.15) is 11.3 Å². The van der Waals surface area contributed by atoms with Gasteiger partial charge in [-0.3, -0.25) is 14.2 Å². The lowest BCUT2D eigenvalue weighted by Gasteiger charge is -2.08. The number of fused-ring (bicyclic) bond motifs is 1. The van der Waals surface area contributed by atoms with Crippen molar-refractivity contribution in [3.05, 3.63) is 81.8 Å². The largest absolute Gasteiger partial charge is 0.349 e. The quantitative estimate of drug-likeness (QED) is 0.568. The topological polar surface area (TPSA) is 76.9 Å². The molecule has 4 rings (SSSR count). The second-order valence-electron chi connectivity index (χ2n) is 6.44. The Labute approximate surface area is 165 Å². The molecule has 0 fully saturated rings. The first-order valence-electron chi connectivity index (χ1n) is 8.83. The minimum absolute atomic E-state index is 0.0780. The highest BCUT2D eigenvalue weighted by molar-refractivity contribution is 7.13. The van der Waals surface area contributed by atoms with Crippen molar-refractivity contribution in [2.75, 3.05) is 0 Å². The smallest absolute Gasteiger partial charge is 0.261 e. The van der Waals surface area contributed by atoms with Crippen LogP contribution < -0.4 is 10.9 Å². The molecule has 2 aromatic carbocycles. The number of benzene rings is 2. The number of aromatic nitrogens is 3. The van der Waals surface area contributed by atoms with E-state index in [1.807, 2.05) is 54.8 Å². The highest BCUT2D eigenvalue weighted by Crippen LogP contribution is 2.23. The monoisotopic (exact) mass is 390 g/mol. The van der Waals surface area contributed by atoms with Crippen LogP contribution in [0.5, 0.6) is 0 Å². The molecule has 0 radical (unpaired) electrons. The van der Waals surface area contributed by atoms with E-state index in [1.165, 1.54) is 22.2 Å². The Balaban J connectivity index is 1.43. The third-order valence-electron chi connectivity index (χ3n) is 4.41. The number of carbonyl (C=O) groups excluding carboxylic acids is 1. The molecule has 2 heterocycles. The summed E-state index contributed by atoms with van der Waals surface area (Å²) < 4.78 is 1.33. The minimum atomic E-state index is -0.259. The lowest BCUT2D eigenvalue weighted by molar-refractivity contribution is -0.121. The Morgan fingerprint density at radius 1 is 1.14 bits per heavy atom. The van der Waals surface area contributed by atoms with Crippen LogP contribution in [0.15, 0.2) is 65.0 Å². The first-order valence-corrected chi connectivity index (χ1v) is 9.71. The van der Waals surface area contributed by atoms with Crippen LogP contribution in [-0.4, -0.2) is 20.4 Å². The first-order chi connectivity index (χ1) is 13.6. The molecule has 0 unspecified atom stereocenters. The molecule has 6 nitrogen and oxygen atoms in total. The van der Waals surface area contributed by atoms with Crippen LogP contribution in [0, 0.1) is 6.92 Å². The number of rotatable bonds is 5. The van der Waals surface area contributed by atoms with E-state index >= 15 is 0 Å². The molecule has 0 bridgehead atoms. The number of thiazole rings is 1. The van der Waals surface area contributed by atoms with Gasteiger partial charge in [-0.1, -0.05) is 42.5 Å². The fourth-order valence-corrected chi connectivity index (χ4v) is 3.78. The van der Waals surface area contributed by atoms with E-state index in [2.05, 4.69) is 15.3 Å². The van der Waals surface area contributed by atoms with Gasteiger partial charge in [0.05, 0.1) is 29.5 Å². The van der Waals surface area contributed by atoms with E-state index in [0.717, 1.165) is 21.8 Å². The van der Waals surface area contributed by atoms with Crippen molar-refractivity contribution in [3.63, 3.8) is 0 Å². The summed E-state index contributed by atoms with van der Waals surface area (Å²) >= 11 is 1.54. The van der Waals surface area contributed by atoms with E-state index in [1.54, 1.807) is 6.07 Å². The van der Waals surface area contributed by atoms with E-state index < -0.39 is 0 Å². The Morgan fingerprint density at radius 3 is 2.79 bits per heavy atom. The number of nitrogens with zero attached hydrogens (tertiary/aromatic N) is 3. The van der Waals surface area contributed by atoms with Gasteiger partial charge in [0.2, 0.25) is 5.91 Å². The number of carbonyl (C=O) groups is 1. The fourth-order valence-electron chi connectivity index (χ4n) is 2.95. The lowest BCUT2D eigenvalue weighted by Crippen LogP contribution is -2.32. The zero-order valence-electron chi connectivity index (χ0n) is 15.3. The van der Waals surface area contributed by atoms with Gasteiger partial charge in [-0.25, -0.2) is 9.97 Å². The summed E-state index contributed by atoms with van der Waals surface area (Å²) in [6.45, 7) is 2.14. The molecule has 0 atom stereocenters. The normalized spacial score (nSPS) is 10.9. The van der Waals surface area contributed by atoms with E-state index in [-0.39, 0.29) is 18.0 Å². The molecule has 0 spiro atoms. The SMILES string of the molecule is Cc1cccc2c(=O)n(CC(=O)NCc3csc(-c4ccccc4)n3)cnc12. The van der Waals surface area contributed by atoms with Crippen molar-refractivity contribution >= 4 is 28.1 Å². The molecular formula is C21H18N4O2S. The van der Waals surface area contributed by atoms with Gasteiger partial charge in [0.15, 0.2) is 0 Å². The van der Waals surface area contributed by atoms with Crippen LogP contribution in [0.25, 0.3) is 21.5 Å². The molecule has 1 N–H and O–H groups in total. The molecule has 2 aromatic heterocycles. The van der Waals surface area contributed by atoms with Crippen LogP contribution in [0.4, 0.5) is 0 Å².